The predicted octanol–water partition coefficient (Wildman–Crippen LogP) is 7.77. The molecule has 0 aromatic heterocycles. The molecule has 0 saturated heterocycles. The molecule has 0 fully saturated rings. The van der Waals surface area contributed by atoms with E-state index < -0.39 is 20.2 Å². The number of hydrogen-bond donors (Lipinski definition) is 2. The molecule has 36 heavy (non-hydrogen) atoms. The van der Waals surface area contributed by atoms with Crippen LogP contribution in [0.4, 0.5) is 0 Å². The van der Waals surface area contributed by atoms with Gasteiger partial charge in [-0.15, -0.1) is 0 Å². The van der Waals surface area contributed by atoms with Crippen molar-refractivity contribution in [2.75, 3.05) is 0 Å². The number of benzene rings is 2. The maximum atomic E-state index is 11.4. The van der Waals surface area contributed by atoms with E-state index in [0.29, 0.717) is 11.8 Å². The third kappa shape index (κ3) is 10.3. The van der Waals surface area contributed by atoms with E-state index in [1.807, 2.05) is 24.3 Å². The van der Waals surface area contributed by atoms with Crippen LogP contribution in [0.2, 0.25) is 0 Å². The van der Waals surface area contributed by atoms with E-state index in [1.54, 1.807) is 0 Å². The quantitative estimate of drug-likeness (QED) is 0.157. The van der Waals surface area contributed by atoms with Crippen LogP contribution in [0.5, 0.6) is 0 Å². The lowest BCUT2D eigenvalue weighted by atomic mass is 9.85. The van der Waals surface area contributed by atoms with Gasteiger partial charge in [-0.3, -0.25) is 9.11 Å². The first-order valence-corrected chi connectivity index (χ1v) is 16.1. The third-order valence-corrected chi connectivity index (χ3v) is 8.70. The van der Waals surface area contributed by atoms with Gasteiger partial charge >= 0.3 is 0 Å². The van der Waals surface area contributed by atoms with E-state index in [1.165, 1.54) is 37.1 Å². The second-order valence-corrected chi connectivity index (χ2v) is 12.6. The van der Waals surface area contributed by atoms with Gasteiger partial charge < -0.3 is 0 Å². The van der Waals surface area contributed by atoms with E-state index in [4.69, 9.17) is 0 Å². The molecule has 2 unspecified atom stereocenters. The lowest BCUT2D eigenvalue weighted by molar-refractivity contribution is 0.468. The van der Waals surface area contributed by atoms with Gasteiger partial charge in [-0.05, 0) is 72.9 Å². The van der Waals surface area contributed by atoms with Gasteiger partial charge in [0.15, 0.2) is 0 Å². The Morgan fingerprint density at radius 1 is 0.528 bits per heavy atom. The van der Waals surface area contributed by atoms with Crippen LogP contribution in [0.15, 0.2) is 58.3 Å². The van der Waals surface area contributed by atoms with Gasteiger partial charge in [-0.1, -0.05) is 89.5 Å². The summed E-state index contributed by atoms with van der Waals surface area (Å²) in [7, 11) is -8.38. The first-order chi connectivity index (χ1) is 17.1. The van der Waals surface area contributed by atoms with Crippen LogP contribution in [-0.2, 0) is 20.2 Å². The van der Waals surface area contributed by atoms with E-state index in [2.05, 4.69) is 13.8 Å². The van der Waals surface area contributed by atoms with Crippen molar-refractivity contribution < 1.29 is 25.9 Å². The van der Waals surface area contributed by atoms with Gasteiger partial charge in [-0.25, -0.2) is 0 Å². The van der Waals surface area contributed by atoms with Crippen molar-refractivity contribution in [3.05, 3.63) is 59.7 Å². The van der Waals surface area contributed by atoms with Crippen LogP contribution < -0.4 is 0 Å². The maximum absolute atomic E-state index is 11.4. The first kappa shape index (κ1) is 30.5. The molecule has 6 nitrogen and oxygen atoms in total. The fraction of sp³-hybridized carbons (Fsp3) is 0.571. The molecule has 2 N–H and O–H groups in total. The predicted molar refractivity (Wildman–Crippen MR) is 145 cm³/mol. The molecule has 8 heteroatoms. The largest absolute Gasteiger partial charge is 0.294 e. The van der Waals surface area contributed by atoms with E-state index in [0.717, 1.165) is 75.3 Å². The van der Waals surface area contributed by atoms with E-state index in [9.17, 15) is 25.9 Å². The molecule has 0 aliphatic rings. The normalized spacial score (nSPS) is 14.0. The van der Waals surface area contributed by atoms with Gasteiger partial charge in [-0.2, -0.15) is 16.8 Å². The SMILES string of the molecule is CCCCCC(CCCCC(CCCCC)c1ccc(S(=O)(=O)O)cc1)c1ccc(S(=O)(=O)O)cc1. The standard InChI is InChI=1S/C28H42O6S2/c1-3-5-7-11-23(25-15-19-27(20-16-25)35(29,30)31)13-9-10-14-24(12-8-6-4-2)26-17-21-28(22-18-26)36(32,33)34/h15-24H,3-14H2,1-2H3,(H,29,30,31)(H,32,33,34). The molecule has 0 bridgehead atoms. The van der Waals surface area contributed by atoms with Gasteiger partial charge in [0.05, 0.1) is 9.79 Å². The maximum Gasteiger partial charge on any atom is 0.294 e. The Hall–Kier alpha value is -1.74. The summed E-state index contributed by atoms with van der Waals surface area (Å²) < 4.78 is 64.1. The second kappa shape index (κ2) is 14.9. The Bertz CT molecular complexity index is 1020. The average molecular weight is 539 g/mol. The summed E-state index contributed by atoms with van der Waals surface area (Å²) in [6, 6.07) is 13.2. The van der Waals surface area contributed by atoms with Crippen LogP contribution in [0.1, 0.15) is 114 Å². The van der Waals surface area contributed by atoms with Crippen molar-refractivity contribution in [3.63, 3.8) is 0 Å². The molecule has 0 aliphatic heterocycles. The summed E-state index contributed by atoms with van der Waals surface area (Å²) in [5.41, 5.74) is 2.22. The minimum absolute atomic E-state index is 0.0755. The van der Waals surface area contributed by atoms with Crippen LogP contribution in [0.3, 0.4) is 0 Å². The minimum atomic E-state index is -4.19. The first-order valence-electron chi connectivity index (χ1n) is 13.2. The van der Waals surface area contributed by atoms with Crippen LogP contribution >= 0.6 is 0 Å². The average Bonchev–Trinajstić information content (AvgIpc) is 2.83. The lowest BCUT2D eigenvalue weighted by Gasteiger charge is -2.20. The molecular weight excluding hydrogens is 496 g/mol. The molecule has 0 spiro atoms. The summed E-state index contributed by atoms with van der Waals surface area (Å²) in [6.45, 7) is 4.36. The Morgan fingerprint density at radius 3 is 1.06 bits per heavy atom. The van der Waals surface area contributed by atoms with Crippen molar-refractivity contribution in [3.8, 4) is 0 Å². The fourth-order valence-electron chi connectivity index (χ4n) is 4.84. The molecule has 2 aromatic carbocycles. The Balaban J connectivity index is 2.03. The van der Waals surface area contributed by atoms with Crippen molar-refractivity contribution >= 4 is 20.2 Å². The molecule has 0 aliphatic carbocycles. The molecule has 0 heterocycles. The summed E-state index contributed by atoms with van der Waals surface area (Å²) >= 11 is 0. The number of unbranched alkanes of at least 4 members (excludes halogenated alkanes) is 5. The zero-order valence-electron chi connectivity index (χ0n) is 21.6. The van der Waals surface area contributed by atoms with Gasteiger partial charge in [0, 0.05) is 0 Å². The van der Waals surface area contributed by atoms with Crippen LogP contribution in [0, 0.1) is 0 Å². The van der Waals surface area contributed by atoms with Crippen molar-refractivity contribution in [1.82, 2.24) is 0 Å². The third-order valence-electron chi connectivity index (χ3n) is 6.97. The number of rotatable bonds is 17. The zero-order valence-corrected chi connectivity index (χ0v) is 23.2. The highest BCUT2D eigenvalue weighted by molar-refractivity contribution is 7.86. The van der Waals surface area contributed by atoms with Gasteiger partial charge in [0.1, 0.15) is 0 Å². The van der Waals surface area contributed by atoms with Gasteiger partial charge in [0.2, 0.25) is 0 Å². The van der Waals surface area contributed by atoms with E-state index >= 15 is 0 Å². The molecule has 0 saturated carbocycles. The molecular formula is C28H42O6S2. The van der Waals surface area contributed by atoms with Crippen LogP contribution in [-0.4, -0.2) is 25.9 Å². The monoisotopic (exact) mass is 538 g/mol. The Labute approximate surface area is 218 Å². The van der Waals surface area contributed by atoms with Crippen molar-refractivity contribution in [2.24, 2.45) is 0 Å². The molecule has 0 radical (unpaired) electrons. The molecule has 2 aromatic rings. The topological polar surface area (TPSA) is 109 Å². The van der Waals surface area contributed by atoms with Crippen molar-refractivity contribution in [1.29, 1.82) is 0 Å². The summed E-state index contributed by atoms with van der Waals surface area (Å²) in [4.78, 5) is -0.151. The molecule has 202 valence electrons. The van der Waals surface area contributed by atoms with E-state index in [-0.39, 0.29) is 9.79 Å². The highest BCUT2D eigenvalue weighted by Crippen LogP contribution is 2.32. The highest BCUT2D eigenvalue weighted by atomic mass is 32.2. The van der Waals surface area contributed by atoms with Crippen molar-refractivity contribution in [2.45, 2.75) is 113 Å². The molecule has 2 atom stereocenters. The Morgan fingerprint density at radius 2 is 0.806 bits per heavy atom. The number of hydrogen-bond acceptors (Lipinski definition) is 4. The van der Waals surface area contributed by atoms with Crippen LogP contribution in [0.25, 0.3) is 0 Å². The van der Waals surface area contributed by atoms with Gasteiger partial charge in [0.25, 0.3) is 20.2 Å². The summed E-state index contributed by atoms with van der Waals surface area (Å²) in [5, 5.41) is 0. The lowest BCUT2D eigenvalue weighted by Crippen LogP contribution is -2.04. The Kier molecular flexibility index (Phi) is 12.6. The zero-order chi connectivity index (χ0) is 26.6. The summed E-state index contributed by atoms with van der Waals surface area (Å²) in [5.74, 6) is 0.694. The fourth-order valence-corrected chi connectivity index (χ4v) is 5.80. The second-order valence-electron chi connectivity index (χ2n) is 9.76. The molecule has 2 rings (SSSR count). The minimum Gasteiger partial charge on any atom is -0.282 e. The smallest absolute Gasteiger partial charge is 0.282 e. The molecule has 0 amide bonds. The summed E-state index contributed by atoms with van der Waals surface area (Å²) in [6.07, 6.45) is 13.1. The highest BCUT2D eigenvalue weighted by Gasteiger charge is 2.17.